The van der Waals surface area contributed by atoms with Crippen LogP contribution in [-0.2, 0) is 29.2 Å². The number of halogens is 2. The maximum atomic E-state index is 11.9. The van der Waals surface area contributed by atoms with Crippen LogP contribution in [0, 0.1) is 0 Å². The molecule has 0 saturated heterocycles. The van der Waals surface area contributed by atoms with Gasteiger partial charge in [0.05, 0.1) is 24.5 Å². The van der Waals surface area contributed by atoms with Gasteiger partial charge in [0.25, 0.3) is 0 Å². The second kappa shape index (κ2) is 11.9. The van der Waals surface area contributed by atoms with Gasteiger partial charge in [-0.2, -0.15) is 5.10 Å². The molecule has 0 spiro atoms. The summed E-state index contributed by atoms with van der Waals surface area (Å²) in [6.07, 6.45) is 7.90. The molecule has 1 amide bonds. The average molecular weight is 422 g/mol. The van der Waals surface area contributed by atoms with Gasteiger partial charge in [-0.15, -0.1) is 24.8 Å². The number of carbonyl (C=O) groups excluding carboxylic acids is 1. The van der Waals surface area contributed by atoms with Gasteiger partial charge in [0.15, 0.2) is 0 Å². The third kappa shape index (κ3) is 6.61. The predicted octanol–water partition coefficient (Wildman–Crippen LogP) is 1.86. The third-order valence-corrected chi connectivity index (χ3v) is 5.31. The van der Waals surface area contributed by atoms with Gasteiger partial charge < -0.3 is 15.8 Å². The summed E-state index contributed by atoms with van der Waals surface area (Å²) in [5, 5.41) is 7.52. The van der Waals surface area contributed by atoms with Gasteiger partial charge in [-0.3, -0.25) is 14.4 Å². The van der Waals surface area contributed by atoms with Gasteiger partial charge >= 0.3 is 0 Å². The maximum Gasteiger partial charge on any atom is 0.239 e. The molecule has 9 heteroatoms. The zero-order valence-electron chi connectivity index (χ0n) is 16.1. The van der Waals surface area contributed by atoms with Crippen molar-refractivity contribution in [3.05, 3.63) is 17.5 Å². The molecule has 2 heterocycles. The quantitative estimate of drug-likeness (QED) is 0.731. The van der Waals surface area contributed by atoms with Gasteiger partial charge in [-0.25, -0.2) is 0 Å². The highest BCUT2D eigenvalue weighted by Crippen LogP contribution is 2.25. The second-order valence-electron chi connectivity index (χ2n) is 7.25. The van der Waals surface area contributed by atoms with E-state index in [0.29, 0.717) is 6.54 Å². The Labute approximate surface area is 174 Å². The first-order valence-corrected chi connectivity index (χ1v) is 9.49. The second-order valence-corrected chi connectivity index (χ2v) is 7.25. The fourth-order valence-electron chi connectivity index (χ4n) is 3.95. The molecule has 1 aliphatic heterocycles. The van der Waals surface area contributed by atoms with Crippen LogP contribution in [0.2, 0.25) is 0 Å². The van der Waals surface area contributed by atoms with E-state index in [2.05, 4.69) is 26.1 Å². The summed E-state index contributed by atoms with van der Waals surface area (Å²) >= 11 is 0. The molecule has 1 aromatic heterocycles. The van der Waals surface area contributed by atoms with Crippen LogP contribution in [0.3, 0.4) is 0 Å². The number of amides is 1. The molecule has 7 nitrogen and oxygen atoms in total. The minimum atomic E-state index is -0.632. The maximum absolute atomic E-state index is 11.9. The fourth-order valence-corrected chi connectivity index (χ4v) is 3.95. The SMILES string of the molecule is COC[C@@H](N)C(=O)NCc1cc2n(n1)CCCN(C1CCCCC1)C2.Cl.Cl. The number of carbonyl (C=O) groups is 1. The standard InChI is InChI=1S/C18H31N5O2.2ClH/c1-25-13-17(19)18(24)20-11-14-10-16-12-22(8-5-9-23(16)21-14)15-6-3-2-4-7-15;;/h10,15,17H,2-9,11-13,19H2,1H3,(H,20,24);2*1H/t17-;;/m1../s1. The number of hydrogen-bond acceptors (Lipinski definition) is 5. The molecule has 0 aromatic carbocycles. The molecule has 1 aromatic rings. The lowest BCUT2D eigenvalue weighted by molar-refractivity contribution is -0.123. The number of nitrogens with one attached hydrogen (secondary N) is 1. The highest BCUT2D eigenvalue weighted by molar-refractivity contribution is 5.85. The molecule has 2 aliphatic rings. The number of ether oxygens (including phenoxy) is 1. The van der Waals surface area contributed by atoms with Crippen molar-refractivity contribution >= 4 is 30.7 Å². The first-order chi connectivity index (χ1) is 12.2. The lowest BCUT2D eigenvalue weighted by Crippen LogP contribution is -2.43. The normalized spacial score (nSPS) is 19.2. The lowest BCUT2D eigenvalue weighted by atomic mass is 9.94. The van der Waals surface area contributed by atoms with E-state index in [4.69, 9.17) is 10.5 Å². The third-order valence-electron chi connectivity index (χ3n) is 5.31. The van der Waals surface area contributed by atoms with E-state index in [1.807, 2.05) is 0 Å². The van der Waals surface area contributed by atoms with Crippen molar-refractivity contribution in [2.45, 2.75) is 70.2 Å². The fraction of sp³-hybridized carbons (Fsp3) is 0.778. The van der Waals surface area contributed by atoms with Crippen molar-refractivity contribution in [3.8, 4) is 0 Å². The average Bonchev–Trinajstić information content (AvgIpc) is 2.90. The molecule has 1 aliphatic carbocycles. The first kappa shape index (κ1) is 24.2. The van der Waals surface area contributed by atoms with Crippen LogP contribution in [0.1, 0.15) is 49.9 Å². The molecule has 1 saturated carbocycles. The summed E-state index contributed by atoms with van der Waals surface area (Å²) in [6.45, 7) is 3.72. The molecular weight excluding hydrogens is 389 g/mol. The van der Waals surface area contributed by atoms with E-state index in [9.17, 15) is 4.79 Å². The molecule has 3 rings (SSSR count). The number of fused-ring (bicyclic) bond motifs is 1. The zero-order chi connectivity index (χ0) is 17.6. The number of hydrogen-bond donors (Lipinski definition) is 2. The van der Waals surface area contributed by atoms with Crippen LogP contribution in [0.4, 0.5) is 0 Å². The Hall–Kier alpha value is -0.860. The molecule has 0 bridgehead atoms. The van der Waals surface area contributed by atoms with Crippen LogP contribution in [-0.4, -0.2) is 52.9 Å². The van der Waals surface area contributed by atoms with Gasteiger partial charge in [-0.05, 0) is 25.3 Å². The van der Waals surface area contributed by atoms with E-state index >= 15 is 0 Å². The van der Waals surface area contributed by atoms with E-state index < -0.39 is 6.04 Å². The van der Waals surface area contributed by atoms with Gasteiger partial charge in [0.2, 0.25) is 5.91 Å². The van der Waals surface area contributed by atoms with Gasteiger partial charge in [0.1, 0.15) is 6.04 Å². The van der Waals surface area contributed by atoms with Crippen molar-refractivity contribution in [3.63, 3.8) is 0 Å². The number of aromatic nitrogens is 2. The summed E-state index contributed by atoms with van der Waals surface area (Å²) < 4.78 is 7.03. The summed E-state index contributed by atoms with van der Waals surface area (Å²) in [7, 11) is 1.54. The summed E-state index contributed by atoms with van der Waals surface area (Å²) in [5.74, 6) is -0.200. The summed E-state index contributed by atoms with van der Waals surface area (Å²) in [5.41, 5.74) is 7.90. The lowest BCUT2D eigenvalue weighted by Gasteiger charge is -2.33. The zero-order valence-corrected chi connectivity index (χ0v) is 17.7. The predicted molar refractivity (Wildman–Crippen MR) is 110 cm³/mol. The minimum Gasteiger partial charge on any atom is -0.383 e. The van der Waals surface area contributed by atoms with E-state index in [0.717, 1.165) is 37.8 Å². The molecule has 27 heavy (non-hydrogen) atoms. The van der Waals surface area contributed by atoms with Crippen LogP contribution in [0.5, 0.6) is 0 Å². The molecule has 156 valence electrons. The van der Waals surface area contributed by atoms with Crippen LogP contribution < -0.4 is 11.1 Å². The smallest absolute Gasteiger partial charge is 0.239 e. The number of rotatable bonds is 6. The highest BCUT2D eigenvalue weighted by Gasteiger charge is 2.24. The van der Waals surface area contributed by atoms with Crippen molar-refractivity contribution in [2.75, 3.05) is 20.3 Å². The highest BCUT2D eigenvalue weighted by atomic mass is 35.5. The van der Waals surface area contributed by atoms with Crippen molar-refractivity contribution in [1.82, 2.24) is 20.0 Å². The number of nitrogens with zero attached hydrogens (tertiary/aromatic N) is 3. The molecule has 1 fully saturated rings. The number of methoxy groups -OCH3 is 1. The van der Waals surface area contributed by atoms with Crippen molar-refractivity contribution < 1.29 is 9.53 Å². The van der Waals surface area contributed by atoms with Crippen LogP contribution in [0.15, 0.2) is 6.07 Å². The number of nitrogens with two attached hydrogens (primary N) is 1. The van der Waals surface area contributed by atoms with Crippen molar-refractivity contribution in [2.24, 2.45) is 5.73 Å². The minimum absolute atomic E-state index is 0. The monoisotopic (exact) mass is 421 g/mol. The van der Waals surface area contributed by atoms with Gasteiger partial charge in [-0.1, -0.05) is 19.3 Å². The van der Waals surface area contributed by atoms with Gasteiger partial charge in [0, 0.05) is 32.8 Å². The largest absolute Gasteiger partial charge is 0.383 e. The Morgan fingerprint density at radius 2 is 2.04 bits per heavy atom. The molecular formula is C18H33Cl2N5O2. The van der Waals surface area contributed by atoms with Crippen molar-refractivity contribution in [1.29, 1.82) is 0 Å². The van der Waals surface area contributed by atoms with Crippen LogP contribution in [0.25, 0.3) is 0 Å². The topological polar surface area (TPSA) is 85.4 Å². The molecule has 1 atom stereocenters. The Morgan fingerprint density at radius 1 is 1.30 bits per heavy atom. The van der Waals surface area contributed by atoms with Crippen LogP contribution >= 0.6 is 24.8 Å². The molecule has 3 N–H and O–H groups in total. The Balaban J connectivity index is 0.00000182. The molecule has 0 radical (unpaired) electrons. The Morgan fingerprint density at radius 3 is 2.74 bits per heavy atom. The molecule has 0 unspecified atom stereocenters. The van der Waals surface area contributed by atoms with E-state index in [-0.39, 0.29) is 37.3 Å². The summed E-state index contributed by atoms with van der Waals surface area (Å²) in [4.78, 5) is 14.5. The Kier molecular flexibility index (Phi) is 10.6. The first-order valence-electron chi connectivity index (χ1n) is 9.49. The van der Waals surface area contributed by atoms with E-state index in [1.165, 1.54) is 44.9 Å². The van der Waals surface area contributed by atoms with E-state index in [1.54, 1.807) is 0 Å². The summed E-state index contributed by atoms with van der Waals surface area (Å²) in [6, 6.07) is 2.22. The Bertz CT molecular complexity index is 578. The number of aryl methyl sites for hydroxylation is 1.